The van der Waals surface area contributed by atoms with Crippen LogP contribution in [-0.4, -0.2) is 31.4 Å². The van der Waals surface area contributed by atoms with E-state index in [1.807, 2.05) is 0 Å². The number of hydrogen-bond donors (Lipinski definition) is 1. The molecule has 3 heterocycles. The molecule has 3 aromatic rings. The van der Waals surface area contributed by atoms with E-state index in [4.69, 9.17) is 5.10 Å². The lowest BCUT2D eigenvalue weighted by atomic mass is 10.00. The summed E-state index contributed by atoms with van der Waals surface area (Å²) in [6, 6.07) is 9.05. The third kappa shape index (κ3) is 3.32. The molecule has 0 amide bonds. The van der Waals surface area contributed by atoms with Crippen molar-refractivity contribution < 1.29 is 0 Å². The largest absolute Gasteiger partial charge is 0.294 e. The summed E-state index contributed by atoms with van der Waals surface area (Å²) in [5.74, 6) is 0. The molecule has 0 atom stereocenters. The molecule has 1 aliphatic heterocycles. The van der Waals surface area contributed by atoms with Gasteiger partial charge in [0.25, 0.3) is 0 Å². The van der Waals surface area contributed by atoms with Crippen molar-refractivity contribution in [2.75, 3.05) is 6.54 Å². The van der Waals surface area contributed by atoms with Crippen molar-refractivity contribution in [3.8, 4) is 11.3 Å². The van der Waals surface area contributed by atoms with Crippen LogP contribution in [0, 0.1) is 20.8 Å². The highest BCUT2D eigenvalue weighted by Crippen LogP contribution is 2.30. The minimum atomic E-state index is 0.396. The Bertz CT molecular complexity index is 946. The van der Waals surface area contributed by atoms with Gasteiger partial charge in [-0.15, -0.1) is 0 Å². The molecule has 1 aliphatic rings. The maximum absolute atomic E-state index is 4.75. The number of rotatable bonds is 4. The van der Waals surface area contributed by atoms with Crippen LogP contribution in [0.5, 0.6) is 0 Å². The Hall–Kier alpha value is -2.40. The summed E-state index contributed by atoms with van der Waals surface area (Å²) in [5, 5.41) is 12.7. The van der Waals surface area contributed by atoms with Gasteiger partial charge in [0, 0.05) is 60.2 Å². The number of nitrogens with zero attached hydrogens (tertiary/aromatic N) is 4. The Kier molecular flexibility index (Phi) is 4.64. The quantitative estimate of drug-likeness (QED) is 0.750. The molecule has 0 saturated carbocycles. The molecule has 1 N–H and O–H groups in total. The van der Waals surface area contributed by atoms with Gasteiger partial charge < -0.3 is 0 Å². The van der Waals surface area contributed by atoms with Crippen LogP contribution in [0.3, 0.4) is 0 Å². The van der Waals surface area contributed by atoms with Crippen LogP contribution in [0.2, 0.25) is 0 Å². The number of H-pyrrole nitrogens is 1. The highest BCUT2D eigenvalue weighted by Gasteiger charge is 2.24. The SMILES string of the molecule is Cc1ccc(-c2n[nH]c3c2CN(Cc2c(C)nn(C(C)C)c2C)CC3)cc1. The topological polar surface area (TPSA) is 49.7 Å². The number of aromatic nitrogens is 4. The second kappa shape index (κ2) is 6.97. The van der Waals surface area contributed by atoms with Gasteiger partial charge in [0.2, 0.25) is 0 Å². The maximum Gasteiger partial charge on any atom is 0.0968 e. The summed E-state index contributed by atoms with van der Waals surface area (Å²) in [5.41, 5.74) is 10.0. The molecule has 0 unspecified atom stereocenters. The fraction of sp³-hybridized carbons (Fsp3) is 0.455. The summed E-state index contributed by atoms with van der Waals surface area (Å²) in [4.78, 5) is 2.53. The van der Waals surface area contributed by atoms with Crippen molar-refractivity contribution in [2.24, 2.45) is 0 Å². The smallest absolute Gasteiger partial charge is 0.0968 e. The van der Waals surface area contributed by atoms with E-state index in [-0.39, 0.29) is 0 Å². The summed E-state index contributed by atoms with van der Waals surface area (Å²) in [6.07, 6.45) is 1.02. The highest BCUT2D eigenvalue weighted by molar-refractivity contribution is 5.64. The predicted octanol–water partition coefficient (Wildman–Crippen LogP) is 4.34. The zero-order valence-electron chi connectivity index (χ0n) is 17.0. The molecular weight excluding hydrogens is 334 g/mol. The Balaban J connectivity index is 1.59. The minimum absolute atomic E-state index is 0.396. The van der Waals surface area contributed by atoms with Gasteiger partial charge in [-0.05, 0) is 34.6 Å². The highest BCUT2D eigenvalue weighted by atomic mass is 15.3. The average Bonchev–Trinajstić information content (AvgIpc) is 3.18. The lowest BCUT2D eigenvalue weighted by Gasteiger charge is -2.27. The standard InChI is InChI=1S/C22H29N5/c1-14(2)27-17(5)19(16(4)25-27)12-26-11-10-21-20(13-26)22(24-23-21)18-8-6-15(3)7-9-18/h6-9,14H,10-13H2,1-5H3,(H,23,24). The van der Waals surface area contributed by atoms with Crippen molar-refractivity contribution in [1.29, 1.82) is 0 Å². The molecule has 0 radical (unpaired) electrons. The molecule has 0 bridgehead atoms. The van der Waals surface area contributed by atoms with Crippen LogP contribution in [0.4, 0.5) is 0 Å². The molecule has 1 aromatic carbocycles. The van der Waals surface area contributed by atoms with Gasteiger partial charge in [0.1, 0.15) is 0 Å². The number of nitrogens with one attached hydrogen (secondary N) is 1. The molecule has 27 heavy (non-hydrogen) atoms. The van der Waals surface area contributed by atoms with Crippen molar-refractivity contribution in [3.63, 3.8) is 0 Å². The van der Waals surface area contributed by atoms with Gasteiger partial charge >= 0.3 is 0 Å². The average molecular weight is 364 g/mol. The minimum Gasteiger partial charge on any atom is -0.294 e. The first kappa shape index (κ1) is 18.0. The number of hydrogen-bond acceptors (Lipinski definition) is 3. The van der Waals surface area contributed by atoms with Crippen molar-refractivity contribution in [2.45, 2.75) is 60.2 Å². The Morgan fingerprint density at radius 1 is 1.11 bits per heavy atom. The number of aryl methyl sites for hydroxylation is 2. The normalized spacial score (nSPS) is 14.7. The zero-order valence-corrected chi connectivity index (χ0v) is 17.0. The fourth-order valence-electron chi connectivity index (χ4n) is 4.09. The summed E-state index contributed by atoms with van der Waals surface area (Å²) in [6.45, 7) is 13.8. The van der Waals surface area contributed by atoms with Crippen LogP contribution in [-0.2, 0) is 19.5 Å². The molecule has 0 saturated heterocycles. The van der Waals surface area contributed by atoms with Gasteiger partial charge in [-0.3, -0.25) is 14.7 Å². The monoisotopic (exact) mass is 363 g/mol. The fourth-order valence-corrected chi connectivity index (χ4v) is 4.09. The van der Waals surface area contributed by atoms with E-state index in [0.717, 1.165) is 37.4 Å². The van der Waals surface area contributed by atoms with E-state index in [0.29, 0.717) is 6.04 Å². The van der Waals surface area contributed by atoms with E-state index in [9.17, 15) is 0 Å². The van der Waals surface area contributed by atoms with Gasteiger partial charge in [0.15, 0.2) is 0 Å². The molecule has 0 aliphatic carbocycles. The molecular formula is C22H29N5. The van der Waals surface area contributed by atoms with E-state index in [1.165, 1.54) is 33.6 Å². The number of fused-ring (bicyclic) bond motifs is 1. The van der Waals surface area contributed by atoms with E-state index in [1.54, 1.807) is 0 Å². The maximum atomic E-state index is 4.75. The van der Waals surface area contributed by atoms with Crippen LogP contribution in [0.1, 0.15) is 53.7 Å². The van der Waals surface area contributed by atoms with Crippen LogP contribution < -0.4 is 0 Å². The Morgan fingerprint density at radius 2 is 1.85 bits per heavy atom. The lowest BCUT2D eigenvalue weighted by molar-refractivity contribution is 0.244. The molecule has 0 fully saturated rings. The first-order chi connectivity index (χ1) is 12.9. The molecule has 0 spiro atoms. The predicted molar refractivity (Wildman–Crippen MR) is 109 cm³/mol. The van der Waals surface area contributed by atoms with Crippen LogP contribution in [0.15, 0.2) is 24.3 Å². The summed E-state index contributed by atoms with van der Waals surface area (Å²) < 4.78 is 2.15. The van der Waals surface area contributed by atoms with Gasteiger partial charge in [-0.2, -0.15) is 10.2 Å². The van der Waals surface area contributed by atoms with E-state index < -0.39 is 0 Å². The Morgan fingerprint density at radius 3 is 2.52 bits per heavy atom. The second-order valence-electron chi connectivity index (χ2n) is 8.04. The first-order valence-corrected chi connectivity index (χ1v) is 9.84. The molecule has 4 rings (SSSR count). The molecule has 2 aromatic heterocycles. The van der Waals surface area contributed by atoms with Gasteiger partial charge in [-0.25, -0.2) is 0 Å². The van der Waals surface area contributed by atoms with Crippen molar-refractivity contribution in [3.05, 3.63) is 58.0 Å². The lowest BCUT2D eigenvalue weighted by Crippen LogP contribution is -2.30. The van der Waals surface area contributed by atoms with Crippen LogP contribution in [0.25, 0.3) is 11.3 Å². The number of benzene rings is 1. The van der Waals surface area contributed by atoms with E-state index >= 15 is 0 Å². The molecule has 142 valence electrons. The third-order valence-electron chi connectivity index (χ3n) is 5.68. The van der Waals surface area contributed by atoms with Gasteiger partial charge in [0.05, 0.1) is 11.4 Å². The zero-order chi connectivity index (χ0) is 19.1. The van der Waals surface area contributed by atoms with Gasteiger partial charge in [-0.1, -0.05) is 29.8 Å². The van der Waals surface area contributed by atoms with E-state index in [2.05, 4.69) is 78.7 Å². The van der Waals surface area contributed by atoms with Crippen LogP contribution >= 0.6 is 0 Å². The van der Waals surface area contributed by atoms with Crippen molar-refractivity contribution >= 4 is 0 Å². The third-order valence-corrected chi connectivity index (χ3v) is 5.68. The molecule has 5 heteroatoms. The second-order valence-corrected chi connectivity index (χ2v) is 8.04. The first-order valence-electron chi connectivity index (χ1n) is 9.84. The Labute approximate surface area is 161 Å². The summed E-state index contributed by atoms with van der Waals surface area (Å²) >= 11 is 0. The molecule has 5 nitrogen and oxygen atoms in total. The number of aromatic amines is 1. The van der Waals surface area contributed by atoms with Crippen molar-refractivity contribution in [1.82, 2.24) is 24.9 Å². The summed E-state index contributed by atoms with van der Waals surface area (Å²) in [7, 11) is 0.